The first-order valence-electron chi connectivity index (χ1n) is 8.34. The number of nitrogens with zero attached hydrogens (tertiary/aromatic N) is 1. The zero-order valence-corrected chi connectivity index (χ0v) is 14.9. The van der Waals surface area contributed by atoms with Gasteiger partial charge in [0.15, 0.2) is 0 Å². The van der Waals surface area contributed by atoms with Gasteiger partial charge in [-0.2, -0.15) is 4.31 Å². The van der Waals surface area contributed by atoms with Crippen LogP contribution in [-0.4, -0.2) is 31.8 Å². The lowest BCUT2D eigenvalue weighted by molar-refractivity contribution is 0.0337. The van der Waals surface area contributed by atoms with Crippen molar-refractivity contribution in [2.45, 2.75) is 30.8 Å². The number of sulfonamides is 1. The van der Waals surface area contributed by atoms with E-state index >= 15 is 0 Å². The van der Waals surface area contributed by atoms with Gasteiger partial charge in [0.05, 0.1) is 10.5 Å². The lowest BCUT2D eigenvalue weighted by Gasteiger charge is -2.16. The molecule has 25 heavy (non-hydrogen) atoms. The Hall–Kier alpha value is -2.18. The van der Waals surface area contributed by atoms with Gasteiger partial charge in [0.2, 0.25) is 10.0 Å². The maximum Gasteiger partial charge on any atom is 0.338 e. The minimum absolute atomic E-state index is 0.210. The van der Waals surface area contributed by atoms with Crippen LogP contribution >= 0.6 is 0 Å². The fraction of sp³-hybridized carbons (Fsp3) is 0.316. The first-order chi connectivity index (χ1) is 12.0. The SMILES string of the molecule is C[C@@H](OC(=O)c1ccc(S(=O)(=O)N2CCCC2)cc1)c1ccccc1. The largest absolute Gasteiger partial charge is 0.454 e. The molecule has 2 aromatic rings. The summed E-state index contributed by atoms with van der Waals surface area (Å²) in [7, 11) is -3.47. The zero-order valence-electron chi connectivity index (χ0n) is 14.1. The highest BCUT2D eigenvalue weighted by Gasteiger charge is 2.27. The molecule has 0 N–H and O–H groups in total. The van der Waals surface area contributed by atoms with Crippen molar-refractivity contribution < 1.29 is 17.9 Å². The molecule has 6 heteroatoms. The topological polar surface area (TPSA) is 63.7 Å². The van der Waals surface area contributed by atoms with Crippen LogP contribution in [0.2, 0.25) is 0 Å². The summed E-state index contributed by atoms with van der Waals surface area (Å²) in [6, 6.07) is 15.4. The van der Waals surface area contributed by atoms with Gasteiger partial charge in [-0.05, 0) is 49.6 Å². The second-order valence-electron chi connectivity index (χ2n) is 6.09. The molecule has 1 aliphatic rings. The number of rotatable bonds is 5. The first kappa shape index (κ1) is 17.6. The number of carbonyl (C=O) groups excluding carboxylic acids is 1. The van der Waals surface area contributed by atoms with E-state index in [1.807, 2.05) is 30.3 Å². The summed E-state index contributed by atoms with van der Waals surface area (Å²) >= 11 is 0. The summed E-state index contributed by atoms with van der Waals surface area (Å²) < 4.78 is 31.9. The van der Waals surface area contributed by atoms with Crippen molar-refractivity contribution in [3.8, 4) is 0 Å². The highest BCUT2D eigenvalue weighted by Crippen LogP contribution is 2.22. The third kappa shape index (κ3) is 3.91. The van der Waals surface area contributed by atoms with Crippen molar-refractivity contribution in [3.05, 3.63) is 65.7 Å². The van der Waals surface area contributed by atoms with Crippen LogP contribution in [-0.2, 0) is 14.8 Å². The second-order valence-corrected chi connectivity index (χ2v) is 8.03. The first-order valence-corrected chi connectivity index (χ1v) is 9.78. The van der Waals surface area contributed by atoms with Gasteiger partial charge < -0.3 is 4.74 Å². The number of carbonyl (C=O) groups is 1. The van der Waals surface area contributed by atoms with Gasteiger partial charge in [0.1, 0.15) is 6.10 Å². The smallest absolute Gasteiger partial charge is 0.338 e. The van der Waals surface area contributed by atoms with E-state index < -0.39 is 16.0 Å². The maximum absolute atomic E-state index is 12.5. The molecule has 1 aliphatic heterocycles. The average molecular weight is 359 g/mol. The number of hydrogen-bond donors (Lipinski definition) is 0. The number of ether oxygens (including phenoxy) is 1. The molecule has 1 atom stereocenters. The van der Waals surface area contributed by atoms with Crippen LogP contribution in [0.5, 0.6) is 0 Å². The monoisotopic (exact) mass is 359 g/mol. The van der Waals surface area contributed by atoms with Crippen LogP contribution in [0.1, 0.15) is 41.8 Å². The van der Waals surface area contributed by atoms with Crippen LogP contribution in [0.4, 0.5) is 0 Å². The van der Waals surface area contributed by atoms with E-state index in [1.165, 1.54) is 28.6 Å². The number of benzene rings is 2. The third-order valence-electron chi connectivity index (χ3n) is 4.35. The van der Waals surface area contributed by atoms with Gasteiger partial charge in [0.25, 0.3) is 0 Å². The summed E-state index contributed by atoms with van der Waals surface area (Å²) in [5, 5.41) is 0. The summed E-state index contributed by atoms with van der Waals surface area (Å²) in [5.41, 5.74) is 1.24. The molecule has 1 fully saturated rings. The van der Waals surface area contributed by atoms with Crippen LogP contribution in [0.3, 0.4) is 0 Å². The highest BCUT2D eigenvalue weighted by molar-refractivity contribution is 7.89. The minimum Gasteiger partial charge on any atom is -0.454 e. The van der Waals surface area contributed by atoms with Crippen molar-refractivity contribution in [3.63, 3.8) is 0 Å². The van der Waals surface area contributed by atoms with E-state index in [2.05, 4.69) is 0 Å². The molecular formula is C19H21NO4S. The van der Waals surface area contributed by atoms with Crippen LogP contribution in [0.15, 0.2) is 59.5 Å². The molecule has 5 nitrogen and oxygen atoms in total. The van der Waals surface area contributed by atoms with E-state index in [9.17, 15) is 13.2 Å². The van der Waals surface area contributed by atoms with E-state index in [4.69, 9.17) is 4.74 Å². The quantitative estimate of drug-likeness (QED) is 0.768. The second kappa shape index (κ2) is 7.37. The molecule has 3 rings (SSSR count). The number of hydrogen-bond acceptors (Lipinski definition) is 4. The molecule has 2 aromatic carbocycles. The molecule has 132 valence electrons. The van der Waals surface area contributed by atoms with Gasteiger partial charge in [-0.25, -0.2) is 13.2 Å². The Morgan fingerprint density at radius 2 is 1.60 bits per heavy atom. The summed E-state index contributed by atoms with van der Waals surface area (Å²) in [6.45, 7) is 2.92. The lowest BCUT2D eigenvalue weighted by Crippen LogP contribution is -2.27. The van der Waals surface area contributed by atoms with Crippen molar-refractivity contribution >= 4 is 16.0 Å². The van der Waals surface area contributed by atoms with Gasteiger partial charge in [-0.3, -0.25) is 0 Å². The molecule has 0 aromatic heterocycles. The van der Waals surface area contributed by atoms with E-state index in [0.29, 0.717) is 18.7 Å². The van der Waals surface area contributed by atoms with Crippen molar-refractivity contribution in [1.82, 2.24) is 4.31 Å². The fourth-order valence-corrected chi connectivity index (χ4v) is 4.38. The van der Waals surface area contributed by atoms with Crippen LogP contribution in [0, 0.1) is 0 Å². The Kier molecular flexibility index (Phi) is 5.20. The molecule has 0 aliphatic carbocycles. The third-order valence-corrected chi connectivity index (χ3v) is 6.26. The number of esters is 1. The molecule has 0 radical (unpaired) electrons. The van der Waals surface area contributed by atoms with Crippen LogP contribution in [0.25, 0.3) is 0 Å². The van der Waals surface area contributed by atoms with Gasteiger partial charge in [-0.1, -0.05) is 30.3 Å². The molecule has 1 saturated heterocycles. The predicted octanol–water partition coefficient (Wildman–Crippen LogP) is 3.39. The molecular weight excluding hydrogens is 338 g/mol. The van der Waals surface area contributed by atoms with Gasteiger partial charge in [-0.15, -0.1) is 0 Å². The van der Waals surface area contributed by atoms with Crippen molar-refractivity contribution in [2.24, 2.45) is 0 Å². The summed E-state index contributed by atoms with van der Waals surface area (Å²) in [5.74, 6) is -0.471. The Balaban J connectivity index is 1.70. The van der Waals surface area contributed by atoms with E-state index in [0.717, 1.165) is 18.4 Å². The van der Waals surface area contributed by atoms with Crippen LogP contribution < -0.4 is 0 Å². The van der Waals surface area contributed by atoms with Gasteiger partial charge in [0, 0.05) is 13.1 Å². The Labute approximate surface area is 148 Å². The Bertz CT molecular complexity index is 825. The van der Waals surface area contributed by atoms with Crippen molar-refractivity contribution in [2.75, 3.05) is 13.1 Å². The Morgan fingerprint density at radius 1 is 1.00 bits per heavy atom. The molecule has 0 bridgehead atoms. The normalized spacial score (nSPS) is 16.5. The lowest BCUT2D eigenvalue weighted by atomic mass is 10.1. The van der Waals surface area contributed by atoms with E-state index in [1.54, 1.807) is 6.92 Å². The summed E-state index contributed by atoms with van der Waals surface area (Å²) in [4.78, 5) is 12.5. The standard InChI is InChI=1S/C19H21NO4S/c1-15(16-7-3-2-4-8-16)24-19(21)17-9-11-18(12-10-17)25(22,23)20-13-5-6-14-20/h2-4,7-12,15H,5-6,13-14H2,1H3/t15-/m1/s1. The van der Waals surface area contributed by atoms with E-state index in [-0.39, 0.29) is 11.0 Å². The molecule has 0 spiro atoms. The predicted molar refractivity (Wildman–Crippen MR) is 94.7 cm³/mol. The molecule has 0 unspecified atom stereocenters. The van der Waals surface area contributed by atoms with Gasteiger partial charge >= 0.3 is 5.97 Å². The average Bonchev–Trinajstić information content (AvgIpc) is 3.18. The molecule has 0 saturated carbocycles. The maximum atomic E-state index is 12.5. The fourth-order valence-electron chi connectivity index (χ4n) is 2.86. The Morgan fingerprint density at radius 3 is 2.20 bits per heavy atom. The highest BCUT2D eigenvalue weighted by atomic mass is 32.2. The summed E-state index contributed by atoms with van der Waals surface area (Å²) in [6.07, 6.45) is 1.41. The van der Waals surface area contributed by atoms with Crippen molar-refractivity contribution in [1.29, 1.82) is 0 Å². The minimum atomic E-state index is -3.47. The molecule has 1 heterocycles. The zero-order chi connectivity index (χ0) is 17.9. The molecule has 0 amide bonds.